The van der Waals surface area contributed by atoms with Crippen molar-refractivity contribution in [1.29, 1.82) is 0 Å². The van der Waals surface area contributed by atoms with E-state index in [1.807, 2.05) is 0 Å². The predicted molar refractivity (Wildman–Crippen MR) is 113 cm³/mol. The lowest BCUT2D eigenvalue weighted by molar-refractivity contribution is -0.149. The molecule has 3 nitrogen and oxygen atoms in total. The highest BCUT2D eigenvalue weighted by Crippen LogP contribution is 2.63. The Kier molecular flexibility index (Phi) is 4.11. The molecule has 0 unspecified atom stereocenters. The van der Waals surface area contributed by atoms with Gasteiger partial charge >= 0.3 is 0 Å². The van der Waals surface area contributed by atoms with Crippen molar-refractivity contribution in [3.63, 3.8) is 0 Å². The topological polar surface area (TPSA) is 38.7 Å². The van der Waals surface area contributed by atoms with Gasteiger partial charge in [-0.25, -0.2) is 0 Å². The van der Waals surface area contributed by atoms with Crippen molar-refractivity contribution in [2.75, 3.05) is 0 Å². The maximum absolute atomic E-state index is 11.6. The number of rotatable bonds is 0. The molecule has 0 radical (unpaired) electrons. The highest BCUT2D eigenvalue weighted by Gasteiger charge is 2.60. The van der Waals surface area contributed by atoms with Gasteiger partial charge in [0.25, 0.3) is 5.79 Å². The van der Waals surface area contributed by atoms with E-state index >= 15 is 0 Å². The van der Waals surface area contributed by atoms with E-state index in [1.165, 1.54) is 12.0 Å². The largest absolute Gasteiger partial charge is 0.456 e. The Labute approximate surface area is 175 Å². The van der Waals surface area contributed by atoms with Gasteiger partial charge in [0.2, 0.25) is 0 Å². The van der Waals surface area contributed by atoms with Gasteiger partial charge in [0, 0.05) is 23.7 Å². The summed E-state index contributed by atoms with van der Waals surface area (Å²) in [6.45, 7) is 8.65. The van der Waals surface area contributed by atoms with E-state index in [9.17, 15) is 5.11 Å². The molecule has 0 aromatic rings. The average molecular weight is 395 g/mol. The minimum absolute atomic E-state index is 0.0817. The molecule has 1 saturated carbocycles. The molecule has 0 aromatic heterocycles. The van der Waals surface area contributed by atoms with Gasteiger partial charge < -0.3 is 14.6 Å². The molecule has 1 heterocycles. The smallest absolute Gasteiger partial charge is 0.253 e. The van der Waals surface area contributed by atoms with E-state index in [0.29, 0.717) is 11.8 Å². The second kappa shape index (κ2) is 6.17. The van der Waals surface area contributed by atoms with Gasteiger partial charge in [-0.3, -0.25) is 0 Å². The summed E-state index contributed by atoms with van der Waals surface area (Å²) in [5.74, 6) is 7.34. The normalized spacial score (nSPS) is 39.6. The monoisotopic (exact) mass is 394 g/mol. The molecular formula is C26H34O3. The lowest BCUT2D eigenvalue weighted by Gasteiger charge is -2.50. The Morgan fingerprint density at radius 3 is 2.59 bits per heavy atom. The third-order valence-corrected chi connectivity index (χ3v) is 8.25. The summed E-state index contributed by atoms with van der Waals surface area (Å²) in [6.07, 6.45) is 13.8. The van der Waals surface area contributed by atoms with E-state index in [2.05, 4.69) is 45.6 Å². The van der Waals surface area contributed by atoms with Crippen LogP contribution in [0.2, 0.25) is 0 Å². The molecule has 29 heavy (non-hydrogen) atoms. The molecule has 0 bridgehead atoms. The minimum Gasteiger partial charge on any atom is -0.456 e. The zero-order chi connectivity index (χ0) is 20.5. The number of allylic oxidation sites excluding steroid dienone is 3. The summed E-state index contributed by atoms with van der Waals surface area (Å²) in [5, 5.41) is 11.6. The number of ether oxygens (including phenoxy) is 2. The van der Waals surface area contributed by atoms with Gasteiger partial charge in [0.1, 0.15) is 18.1 Å². The summed E-state index contributed by atoms with van der Waals surface area (Å²) in [5.41, 5.74) is 3.59. The van der Waals surface area contributed by atoms with Gasteiger partial charge in [-0.1, -0.05) is 30.4 Å². The third kappa shape index (κ3) is 2.90. The Morgan fingerprint density at radius 2 is 1.86 bits per heavy atom. The van der Waals surface area contributed by atoms with Gasteiger partial charge in [-0.15, -0.1) is 0 Å². The summed E-state index contributed by atoms with van der Waals surface area (Å²) in [7, 11) is 0. The molecule has 4 aliphatic carbocycles. The van der Waals surface area contributed by atoms with Gasteiger partial charge in [0.05, 0.1) is 0 Å². The molecule has 1 fully saturated rings. The van der Waals surface area contributed by atoms with Crippen molar-refractivity contribution in [2.45, 2.75) is 90.4 Å². The quantitative estimate of drug-likeness (QED) is 0.542. The molecule has 0 saturated heterocycles. The third-order valence-electron chi connectivity index (χ3n) is 8.25. The molecule has 156 valence electrons. The zero-order valence-electron chi connectivity index (χ0n) is 18.3. The van der Waals surface area contributed by atoms with Crippen molar-refractivity contribution >= 4 is 0 Å². The molecule has 0 aromatic carbocycles. The number of aliphatic hydroxyl groups is 1. The first-order chi connectivity index (χ1) is 13.6. The Hall–Kier alpha value is -1.66. The standard InChI is InChI=1S/C26H34O3/c1-23(2,3)13-14-25(27)11-9-22-21-6-5-18-17-26(28-15-16-29-26)12-8-19(18)20(21)7-10-24(22,25)4/h7,15-16,21-22,27H,5-6,8-12,17H2,1-4H3/t21-,22+,24+,25-/m1/s1. The summed E-state index contributed by atoms with van der Waals surface area (Å²) in [4.78, 5) is 0. The first-order valence-corrected chi connectivity index (χ1v) is 11.3. The van der Waals surface area contributed by atoms with Crippen LogP contribution in [0, 0.1) is 34.5 Å². The molecule has 5 rings (SSSR count). The Morgan fingerprint density at radius 1 is 1.10 bits per heavy atom. The first-order valence-electron chi connectivity index (χ1n) is 11.3. The van der Waals surface area contributed by atoms with Crippen molar-refractivity contribution < 1.29 is 14.6 Å². The lowest BCUT2D eigenvalue weighted by atomic mass is 9.56. The molecule has 4 atom stereocenters. The molecule has 0 amide bonds. The zero-order valence-corrected chi connectivity index (χ0v) is 18.3. The molecule has 1 N–H and O–H groups in total. The Balaban J connectivity index is 1.45. The fourth-order valence-corrected chi connectivity index (χ4v) is 6.59. The highest BCUT2D eigenvalue weighted by atomic mass is 16.7. The maximum atomic E-state index is 11.6. The summed E-state index contributed by atoms with van der Waals surface area (Å²) >= 11 is 0. The predicted octanol–water partition coefficient (Wildman–Crippen LogP) is 5.62. The van der Waals surface area contributed by atoms with Gasteiger partial charge in [-0.2, -0.15) is 0 Å². The number of fused-ring (bicyclic) bond motifs is 4. The maximum Gasteiger partial charge on any atom is 0.253 e. The van der Waals surface area contributed by atoms with Crippen LogP contribution >= 0.6 is 0 Å². The number of hydrogen-bond donors (Lipinski definition) is 1. The van der Waals surface area contributed by atoms with Crippen LogP contribution < -0.4 is 0 Å². The van der Waals surface area contributed by atoms with Crippen LogP contribution in [0.3, 0.4) is 0 Å². The SMILES string of the molecule is CC(C)(C)C#C[C@]1(O)CC[C@H]2[C@@H]3CCC4=C(CCC5(C4)OC=CO5)C3=CC[C@@]21C. The van der Waals surface area contributed by atoms with Crippen LogP contribution in [-0.2, 0) is 9.47 Å². The van der Waals surface area contributed by atoms with E-state index in [4.69, 9.17) is 9.47 Å². The average Bonchev–Trinajstić information content (AvgIpc) is 3.22. The molecular weight excluding hydrogens is 360 g/mol. The molecule has 3 heteroatoms. The van der Waals surface area contributed by atoms with Crippen LogP contribution in [0.5, 0.6) is 0 Å². The van der Waals surface area contributed by atoms with Crippen molar-refractivity contribution in [2.24, 2.45) is 22.7 Å². The number of hydrogen-bond acceptors (Lipinski definition) is 3. The van der Waals surface area contributed by atoms with Crippen LogP contribution in [0.25, 0.3) is 0 Å². The van der Waals surface area contributed by atoms with E-state index in [0.717, 1.165) is 44.9 Å². The van der Waals surface area contributed by atoms with Crippen molar-refractivity contribution in [3.8, 4) is 11.8 Å². The Bertz CT molecular complexity index is 866. The van der Waals surface area contributed by atoms with E-state index in [1.54, 1.807) is 23.7 Å². The fraction of sp³-hybridized carbons (Fsp3) is 0.692. The second-order valence-corrected chi connectivity index (χ2v) is 11.1. The van der Waals surface area contributed by atoms with Gasteiger partial charge in [0.15, 0.2) is 0 Å². The summed E-state index contributed by atoms with van der Waals surface area (Å²) < 4.78 is 11.7. The fourth-order valence-electron chi connectivity index (χ4n) is 6.59. The van der Waals surface area contributed by atoms with E-state index in [-0.39, 0.29) is 10.8 Å². The lowest BCUT2D eigenvalue weighted by Crippen LogP contribution is -2.48. The van der Waals surface area contributed by atoms with E-state index < -0.39 is 11.4 Å². The molecule has 5 aliphatic rings. The van der Waals surface area contributed by atoms with Crippen LogP contribution in [0.1, 0.15) is 79.1 Å². The van der Waals surface area contributed by atoms with Crippen molar-refractivity contribution in [1.82, 2.24) is 0 Å². The minimum atomic E-state index is -0.866. The molecule has 1 aliphatic heterocycles. The van der Waals surface area contributed by atoms with Crippen LogP contribution in [0.4, 0.5) is 0 Å². The highest BCUT2D eigenvalue weighted by molar-refractivity contribution is 5.46. The van der Waals surface area contributed by atoms with Gasteiger partial charge in [-0.05, 0) is 82.3 Å². The van der Waals surface area contributed by atoms with Crippen LogP contribution in [-0.4, -0.2) is 16.5 Å². The first kappa shape index (κ1) is 19.3. The second-order valence-electron chi connectivity index (χ2n) is 11.1. The summed E-state index contributed by atoms with van der Waals surface area (Å²) in [6, 6.07) is 0. The molecule has 1 spiro atoms. The van der Waals surface area contributed by atoms with Crippen molar-refractivity contribution in [3.05, 3.63) is 35.3 Å². The van der Waals surface area contributed by atoms with Crippen LogP contribution in [0.15, 0.2) is 35.3 Å².